The number of fused-ring (bicyclic) bond motifs is 5. The smallest absolute Gasteiger partial charge is 0.220 e. The minimum atomic E-state index is -0.0404. The van der Waals surface area contributed by atoms with Crippen molar-refractivity contribution in [2.75, 3.05) is 6.54 Å². The maximum atomic E-state index is 12.4. The molecule has 1 amide bonds. The third-order valence-electron chi connectivity index (χ3n) is 7.86. The summed E-state index contributed by atoms with van der Waals surface area (Å²) in [6.45, 7) is 5.47. The van der Waals surface area contributed by atoms with E-state index < -0.39 is 0 Å². The molecule has 116 valence electrons. The summed E-state index contributed by atoms with van der Waals surface area (Å²) in [6.07, 6.45) is 7.32. The van der Waals surface area contributed by atoms with Crippen LogP contribution in [-0.2, 0) is 9.59 Å². The summed E-state index contributed by atoms with van der Waals surface area (Å²) in [5.41, 5.74) is 0.138. The van der Waals surface area contributed by atoms with Gasteiger partial charge < -0.3 is 5.32 Å². The quantitative estimate of drug-likeness (QED) is 0.745. The predicted octanol–water partition coefficient (Wildman–Crippen LogP) is 2.93. The molecule has 0 aromatic carbocycles. The molecule has 4 rings (SSSR count). The van der Waals surface area contributed by atoms with Crippen molar-refractivity contribution in [1.29, 1.82) is 0 Å². The zero-order valence-electron chi connectivity index (χ0n) is 13.3. The first kappa shape index (κ1) is 13.8. The first-order valence-corrected chi connectivity index (χ1v) is 8.75. The van der Waals surface area contributed by atoms with Crippen LogP contribution >= 0.6 is 0 Å². The molecule has 21 heavy (non-hydrogen) atoms. The molecule has 3 aliphatic carbocycles. The maximum absolute atomic E-state index is 12.4. The standard InChI is InChI=1S/C18H27NO2/c1-17-8-7-14-12(13(17)5-6-15(17)20)4-3-11-10-19-16(21)9-18(11,14)2/h11-14H,3-10H2,1-2H3,(H,19,21). The molecule has 0 bridgehead atoms. The Balaban J connectivity index is 1.67. The molecule has 1 saturated heterocycles. The van der Waals surface area contributed by atoms with E-state index in [0.29, 0.717) is 35.9 Å². The van der Waals surface area contributed by atoms with Crippen LogP contribution in [0.2, 0.25) is 0 Å². The van der Waals surface area contributed by atoms with E-state index in [1.807, 2.05) is 0 Å². The van der Waals surface area contributed by atoms with Crippen LogP contribution < -0.4 is 5.32 Å². The van der Waals surface area contributed by atoms with Gasteiger partial charge in [-0.15, -0.1) is 0 Å². The van der Waals surface area contributed by atoms with Gasteiger partial charge in [-0.2, -0.15) is 0 Å². The molecule has 3 heteroatoms. The zero-order valence-corrected chi connectivity index (χ0v) is 13.3. The lowest BCUT2D eigenvalue weighted by molar-refractivity contribution is -0.147. The van der Waals surface area contributed by atoms with Crippen molar-refractivity contribution in [2.45, 2.75) is 58.8 Å². The summed E-state index contributed by atoms with van der Waals surface area (Å²) in [5, 5.41) is 3.07. The molecule has 6 atom stereocenters. The van der Waals surface area contributed by atoms with E-state index in [1.54, 1.807) is 0 Å². The first-order chi connectivity index (χ1) is 9.95. The van der Waals surface area contributed by atoms with E-state index in [9.17, 15) is 9.59 Å². The summed E-state index contributed by atoms with van der Waals surface area (Å²) >= 11 is 0. The molecule has 0 aromatic rings. The monoisotopic (exact) mass is 289 g/mol. The van der Waals surface area contributed by atoms with Crippen molar-refractivity contribution in [2.24, 2.45) is 34.5 Å². The van der Waals surface area contributed by atoms with Crippen LogP contribution in [0.5, 0.6) is 0 Å². The maximum Gasteiger partial charge on any atom is 0.220 e. The average Bonchev–Trinajstić information content (AvgIpc) is 2.74. The summed E-state index contributed by atoms with van der Waals surface area (Å²) in [7, 11) is 0. The van der Waals surface area contributed by atoms with Gasteiger partial charge in [-0.05, 0) is 61.2 Å². The molecular weight excluding hydrogens is 262 g/mol. The summed E-state index contributed by atoms with van der Waals surface area (Å²) in [4.78, 5) is 24.3. The summed E-state index contributed by atoms with van der Waals surface area (Å²) in [6, 6.07) is 0. The minimum Gasteiger partial charge on any atom is -0.356 e. The van der Waals surface area contributed by atoms with Crippen LogP contribution in [0.1, 0.15) is 58.8 Å². The Hall–Kier alpha value is -0.860. The van der Waals surface area contributed by atoms with E-state index >= 15 is 0 Å². The van der Waals surface area contributed by atoms with Gasteiger partial charge in [-0.3, -0.25) is 9.59 Å². The molecule has 3 nitrogen and oxygen atoms in total. The van der Waals surface area contributed by atoms with E-state index in [1.165, 1.54) is 12.8 Å². The minimum absolute atomic E-state index is 0.0404. The van der Waals surface area contributed by atoms with Crippen LogP contribution in [-0.4, -0.2) is 18.2 Å². The van der Waals surface area contributed by atoms with Crippen LogP contribution in [0, 0.1) is 34.5 Å². The SMILES string of the molecule is CC12CCC3C(CCC4CNC(=O)CC43C)C1CCC2=O. The van der Waals surface area contributed by atoms with Crippen LogP contribution in [0.3, 0.4) is 0 Å². The number of carbonyl (C=O) groups is 2. The molecule has 3 saturated carbocycles. The van der Waals surface area contributed by atoms with Gasteiger partial charge in [0.1, 0.15) is 5.78 Å². The Bertz CT molecular complexity index is 501. The molecule has 0 radical (unpaired) electrons. The molecule has 4 fully saturated rings. The highest BCUT2D eigenvalue weighted by Gasteiger charge is 2.60. The van der Waals surface area contributed by atoms with Gasteiger partial charge in [0.25, 0.3) is 0 Å². The highest BCUT2D eigenvalue weighted by molar-refractivity contribution is 5.87. The molecule has 6 unspecified atom stereocenters. The van der Waals surface area contributed by atoms with Gasteiger partial charge in [0.2, 0.25) is 5.91 Å². The van der Waals surface area contributed by atoms with Crippen molar-refractivity contribution in [1.82, 2.24) is 5.32 Å². The third kappa shape index (κ3) is 1.72. The second kappa shape index (κ2) is 4.33. The van der Waals surface area contributed by atoms with Gasteiger partial charge in [-0.1, -0.05) is 13.8 Å². The number of rotatable bonds is 0. The average molecular weight is 289 g/mol. The van der Waals surface area contributed by atoms with Crippen LogP contribution in [0.15, 0.2) is 0 Å². The van der Waals surface area contributed by atoms with E-state index in [-0.39, 0.29) is 16.7 Å². The number of nitrogens with one attached hydrogen (secondary N) is 1. The molecule has 4 aliphatic rings. The largest absolute Gasteiger partial charge is 0.356 e. The highest BCUT2D eigenvalue weighted by atomic mass is 16.1. The Kier molecular flexibility index (Phi) is 2.84. The number of Topliss-reactive ketones (excluding diaryl/α,β-unsaturated/α-hetero) is 1. The molecule has 1 aliphatic heterocycles. The van der Waals surface area contributed by atoms with Gasteiger partial charge >= 0.3 is 0 Å². The van der Waals surface area contributed by atoms with E-state index in [2.05, 4.69) is 19.2 Å². The Morgan fingerprint density at radius 3 is 2.67 bits per heavy atom. The molecule has 1 N–H and O–H groups in total. The zero-order chi connectivity index (χ0) is 14.8. The topological polar surface area (TPSA) is 46.2 Å². The molecule has 1 heterocycles. The van der Waals surface area contributed by atoms with Gasteiger partial charge in [0.15, 0.2) is 0 Å². The van der Waals surface area contributed by atoms with Crippen molar-refractivity contribution in [3.8, 4) is 0 Å². The lowest BCUT2D eigenvalue weighted by atomic mass is 9.46. The summed E-state index contributed by atoms with van der Waals surface area (Å²) in [5.74, 6) is 3.34. The Morgan fingerprint density at radius 2 is 1.86 bits per heavy atom. The lowest BCUT2D eigenvalue weighted by Gasteiger charge is -2.59. The normalized spacial score (nSPS) is 52.7. The molecule has 0 aromatic heterocycles. The van der Waals surface area contributed by atoms with Crippen LogP contribution in [0.25, 0.3) is 0 Å². The molecule has 0 spiro atoms. The molecular formula is C18H27NO2. The van der Waals surface area contributed by atoms with E-state index in [4.69, 9.17) is 0 Å². The Morgan fingerprint density at radius 1 is 1.05 bits per heavy atom. The van der Waals surface area contributed by atoms with Crippen molar-refractivity contribution < 1.29 is 9.59 Å². The predicted molar refractivity (Wildman–Crippen MR) is 80.5 cm³/mol. The highest BCUT2D eigenvalue weighted by Crippen LogP contribution is 2.63. The number of hydrogen-bond donors (Lipinski definition) is 1. The van der Waals surface area contributed by atoms with Gasteiger partial charge in [0, 0.05) is 24.8 Å². The van der Waals surface area contributed by atoms with Crippen molar-refractivity contribution in [3.05, 3.63) is 0 Å². The fourth-order valence-corrected chi connectivity index (χ4v) is 6.56. The Labute approximate surface area is 127 Å². The number of hydrogen-bond acceptors (Lipinski definition) is 2. The van der Waals surface area contributed by atoms with Gasteiger partial charge in [0.05, 0.1) is 0 Å². The van der Waals surface area contributed by atoms with E-state index in [0.717, 1.165) is 32.2 Å². The number of carbonyl (C=O) groups excluding carboxylic acids is 2. The number of ketones is 1. The van der Waals surface area contributed by atoms with Gasteiger partial charge in [-0.25, -0.2) is 0 Å². The first-order valence-electron chi connectivity index (χ1n) is 8.75. The van der Waals surface area contributed by atoms with Crippen molar-refractivity contribution in [3.63, 3.8) is 0 Å². The fraction of sp³-hybridized carbons (Fsp3) is 0.889. The lowest BCUT2D eigenvalue weighted by Crippen LogP contribution is -2.57. The number of amides is 1. The summed E-state index contributed by atoms with van der Waals surface area (Å²) < 4.78 is 0. The number of piperidine rings is 1. The van der Waals surface area contributed by atoms with Crippen LogP contribution in [0.4, 0.5) is 0 Å². The second-order valence-corrected chi connectivity index (χ2v) is 8.56. The van der Waals surface area contributed by atoms with Crippen molar-refractivity contribution >= 4 is 11.7 Å². The fourth-order valence-electron chi connectivity index (χ4n) is 6.56. The second-order valence-electron chi connectivity index (χ2n) is 8.56. The third-order valence-corrected chi connectivity index (χ3v) is 7.86.